The van der Waals surface area contributed by atoms with Crippen molar-refractivity contribution in [2.45, 2.75) is 23.8 Å². The smallest absolute Gasteiger partial charge is 0.0230 e. The molecule has 0 aliphatic heterocycles. The molecule has 1 unspecified atom stereocenters. The van der Waals surface area contributed by atoms with E-state index in [1.807, 2.05) is 6.92 Å². The van der Waals surface area contributed by atoms with Crippen LogP contribution in [0.1, 0.15) is 13.8 Å². The van der Waals surface area contributed by atoms with Crippen LogP contribution in [0.5, 0.6) is 0 Å². The highest BCUT2D eigenvalue weighted by Gasteiger charge is 1.98. The van der Waals surface area contributed by atoms with Gasteiger partial charge in [0.05, 0.1) is 0 Å². The van der Waals surface area contributed by atoms with Crippen molar-refractivity contribution in [2.75, 3.05) is 0 Å². The van der Waals surface area contributed by atoms with Gasteiger partial charge in [0.25, 0.3) is 0 Å². The Bertz CT molecular complexity index is 28.5. The van der Waals surface area contributed by atoms with Crippen molar-refractivity contribution in [2.24, 2.45) is 5.73 Å². The van der Waals surface area contributed by atoms with Gasteiger partial charge in [0.15, 0.2) is 0 Å². The van der Waals surface area contributed by atoms with Gasteiger partial charge in [-0.25, -0.2) is 0 Å². The highest BCUT2D eigenvalue weighted by molar-refractivity contribution is 14.1. The molecule has 38 valence electrons. The molecule has 0 saturated heterocycles. The van der Waals surface area contributed by atoms with Crippen molar-refractivity contribution in [3.63, 3.8) is 0 Å². The fraction of sp³-hybridized carbons (Fsp3) is 1.00. The third kappa shape index (κ3) is 2.90. The van der Waals surface area contributed by atoms with Crippen LogP contribution in [-0.4, -0.2) is 9.97 Å². The van der Waals surface area contributed by atoms with Crippen molar-refractivity contribution in [3.05, 3.63) is 0 Å². The van der Waals surface area contributed by atoms with Crippen molar-refractivity contribution in [3.8, 4) is 0 Å². The minimum Gasteiger partial charge on any atom is -0.327 e. The van der Waals surface area contributed by atoms with Crippen molar-refractivity contribution in [1.82, 2.24) is 0 Å². The van der Waals surface area contributed by atoms with E-state index in [1.165, 1.54) is 0 Å². The van der Waals surface area contributed by atoms with Gasteiger partial charge in [-0.3, -0.25) is 0 Å². The molecule has 0 radical (unpaired) electrons. The van der Waals surface area contributed by atoms with Crippen molar-refractivity contribution < 1.29 is 0 Å². The Morgan fingerprint density at radius 3 is 1.67 bits per heavy atom. The van der Waals surface area contributed by atoms with Crippen LogP contribution in [0.3, 0.4) is 0 Å². The molecule has 0 aromatic rings. The van der Waals surface area contributed by atoms with E-state index in [0.29, 0.717) is 9.97 Å². The first-order valence-electron chi connectivity index (χ1n) is 2.04. The predicted octanol–water partition coefficient (Wildman–Crippen LogP) is 1.16. The van der Waals surface area contributed by atoms with Crippen molar-refractivity contribution in [1.29, 1.82) is 0 Å². The molecule has 0 aromatic carbocycles. The monoisotopic (exact) mass is 199 g/mol. The van der Waals surface area contributed by atoms with Gasteiger partial charge in [0.1, 0.15) is 0 Å². The molecular formula is C4H10IN. The van der Waals surface area contributed by atoms with E-state index in [2.05, 4.69) is 29.5 Å². The van der Waals surface area contributed by atoms with E-state index in [4.69, 9.17) is 5.73 Å². The molecule has 0 aliphatic carbocycles. The molecule has 0 heterocycles. The first-order valence-corrected chi connectivity index (χ1v) is 3.29. The summed E-state index contributed by atoms with van der Waals surface area (Å²) < 4.78 is 0.600. The minimum absolute atomic E-state index is 0.339. The standard InChI is InChI=1S/C4H10IN/c1-3(5)4(2)6/h3-4H,6H2,1-2H3/t3?,4-/m1/s1. The minimum atomic E-state index is 0.339. The van der Waals surface area contributed by atoms with Crippen molar-refractivity contribution >= 4 is 22.6 Å². The first-order chi connectivity index (χ1) is 2.64. The molecule has 0 saturated carbocycles. The average molecular weight is 199 g/mol. The number of nitrogens with two attached hydrogens (primary N) is 1. The molecule has 0 aliphatic rings. The molecule has 2 N–H and O–H groups in total. The fourth-order valence-corrected chi connectivity index (χ4v) is 0. The largest absolute Gasteiger partial charge is 0.327 e. The molecular weight excluding hydrogens is 189 g/mol. The second-order valence-electron chi connectivity index (χ2n) is 1.54. The Balaban J connectivity index is 2.99. The average Bonchev–Trinajstić information content (AvgIpc) is 1.36. The molecule has 0 fully saturated rings. The highest BCUT2D eigenvalue weighted by atomic mass is 127. The number of hydrogen-bond acceptors (Lipinski definition) is 1. The van der Waals surface area contributed by atoms with Gasteiger partial charge in [0, 0.05) is 9.97 Å². The summed E-state index contributed by atoms with van der Waals surface area (Å²) in [5.74, 6) is 0. The molecule has 2 atom stereocenters. The van der Waals surface area contributed by atoms with E-state index in [-0.39, 0.29) is 0 Å². The maximum atomic E-state index is 5.43. The third-order valence-electron chi connectivity index (χ3n) is 0.725. The van der Waals surface area contributed by atoms with Gasteiger partial charge in [-0.05, 0) is 6.92 Å². The van der Waals surface area contributed by atoms with E-state index in [9.17, 15) is 0 Å². The summed E-state index contributed by atoms with van der Waals surface area (Å²) in [6.45, 7) is 4.11. The lowest BCUT2D eigenvalue weighted by atomic mass is 10.3. The lowest BCUT2D eigenvalue weighted by molar-refractivity contribution is 0.751. The SMILES string of the molecule is CC(I)[C@@H](C)N. The number of alkyl halides is 1. The van der Waals surface area contributed by atoms with Crippen LogP contribution in [-0.2, 0) is 0 Å². The van der Waals surface area contributed by atoms with Crippen LogP contribution in [0.2, 0.25) is 0 Å². The van der Waals surface area contributed by atoms with Crippen LogP contribution >= 0.6 is 22.6 Å². The molecule has 2 heteroatoms. The zero-order chi connectivity index (χ0) is 5.15. The summed E-state index contributed by atoms with van der Waals surface area (Å²) in [4.78, 5) is 0. The van der Waals surface area contributed by atoms with E-state index >= 15 is 0 Å². The zero-order valence-corrected chi connectivity index (χ0v) is 6.27. The molecule has 0 spiro atoms. The maximum absolute atomic E-state index is 5.43. The van der Waals surface area contributed by atoms with Gasteiger partial charge >= 0.3 is 0 Å². The summed E-state index contributed by atoms with van der Waals surface area (Å²) in [6.07, 6.45) is 0. The Morgan fingerprint density at radius 2 is 1.67 bits per heavy atom. The highest BCUT2D eigenvalue weighted by Crippen LogP contribution is 2.00. The molecule has 0 bridgehead atoms. The van der Waals surface area contributed by atoms with Gasteiger partial charge in [-0.15, -0.1) is 0 Å². The molecule has 6 heavy (non-hydrogen) atoms. The van der Waals surface area contributed by atoms with Crippen LogP contribution in [0, 0.1) is 0 Å². The Morgan fingerprint density at radius 1 is 1.50 bits per heavy atom. The molecule has 1 nitrogen and oxygen atoms in total. The van der Waals surface area contributed by atoms with Crippen LogP contribution < -0.4 is 5.73 Å². The van der Waals surface area contributed by atoms with E-state index in [1.54, 1.807) is 0 Å². The quantitative estimate of drug-likeness (QED) is 0.497. The van der Waals surface area contributed by atoms with Crippen LogP contribution in [0.4, 0.5) is 0 Å². The van der Waals surface area contributed by atoms with Crippen LogP contribution in [0.25, 0.3) is 0 Å². The van der Waals surface area contributed by atoms with Gasteiger partial charge < -0.3 is 5.73 Å². The summed E-state index contributed by atoms with van der Waals surface area (Å²) in [5.41, 5.74) is 5.43. The second kappa shape index (κ2) is 2.80. The number of halogens is 1. The third-order valence-corrected chi connectivity index (χ3v) is 1.86. The Hall–Kier alpha value is 0.690. The van der Waals surface area contributed by atoms with Gasteiger partial charge in [-0.1, -0.05) is 29.5 Å². The Kier molecular flexibility index (Phi) is 3.12. The maximum Gasteiger partial charge on any atom is 0.0230 e. The first kappa shape index (κ1) is 6.69. The number of rotatable bonds is 1. The summed E-state index contributed by atoms with van der Waals surface area (Å²) >= 11 is 2.31. The summed E-state index contributed by atoms with van der Waals surface area (Å²) in [5, 5.41) is 0. The summed E-state index contributed by atoms with van der Waals surface area (Å²) in [6, 6.07) is 0.339. The zero-order valence-electron chi connectivity index (χ0n) is 4.11. The lowest BCUT2D eigenvalue weighted by Crippen LogP contribution is -2.23. The van der Waals surface area contributed by atoms with E-state index in [0.717, 1.165) is 0 Å². The molecule has 0 amide bonds. The van der Waals surface area contributed by atoms with E-state index < -0.39 is 0 Å². The predicted molar refractivity (Wildman–Crippen MR) is 37.1 cm³/mol. The molecule has 0 aromatic heterocycles. The van der Waals surface area contributed by atoms with Crippen LogP contribution in [0.15, 0.2) is 0 Å². The number of hydrogen-bond donors (Lipinski definition) is 1. The molecule has 0 rings (SSSR count). The normalized spacial score (nSPS) is 20.0. The summed E-state index contributed by atoms with van der Waals surface area (Å²) in [7, 11) is 0. The topological polar surface area (TPSA) is 26.0 Å². The fourth-order valence-electron chi connectivity index (χ4n) is 0. The van der Waals surface area contributed by atoms with Gasteiger partial charge in [-0.2, -0.15) is 0 Å². The second-order valence-corrected chi connectivity index (χ2v) is 3.50. The Labute approximate surface area is 52.4 Å². The van der Waals surface area contributed by atoms with Gasteiger partial charge in [0.2, 0.25) is 0 Å². The lowest BCUT2D eigenvalue weighted by Gasteiger charge is -2.03.